The van der Waals surface area contributed by atoms with Crippen LogP contribution in [0.4, 0.5) is 5.82 Å². The Balaban J connectivity index is 2.37. The van der Waals surface area contributed by atoms with Gasteiger partial charge in [0.15, 0.2) is 17.7 Å². The van der Waals surface area contributed by atoms with Gasteiger partial charge < -0.3 is 4.74 Å². The Hall–Kier alpha value is -2.09. The predicted octanol–water partition coefficient (Wildman–Crippen LogP) is 0.719. The lowest BCUT2D eigenvalue weighted by atomic mass is 10.2. The fourth-order valence-electron chi connectivity index (χ4n) is 1.46. The summed E-state index contributed by atoms with van der Waals surface area (Å²) in [4.78, 5) is 17.1. The molecule has 15 heavy (non-hydrogen) atoms. The zero-order chi connectivity index (χ0) is 10.8. The second-order valence-corrected chi connectivity index (χ2v) is 3.19. The predicted molar refractivity (Wildman–Crippen MR) is 52.3 cm³/mol. The molecule has 0 saturated carbocycles. The van der Waals surface area contributed by atoms with Gasteiger partial charge in [-0.2, -0.15) is 5.26 Å². The van der Waals surface area contributed by atoms with E-state index in [0.29, 0.717) is 11.6 Å². The number of ether oxygens (including phenoxy) is 1. The molecule has 76 valence electrons. The first-order chi connectivity index (χ1) is 7.24. The number of anilines is 1. The van der Waals surface area contributed by atoms with Crippen LogP contribution >= 0.6 is 0 Å². The first-order valence-electron chi connectivity index (χ1n) is 4.50. The average molecular weight is 203 g/mol. The van der Waals surface area contributed by atoms with Gasteiger partial charge in [-0.05, 0) is 12.1 Å². The Morgan fingerprint density at radius 3 is 3.27 bits per heavy atom. The van der Waals surface area contributed by atoms with Crippen LogP contribution in [-0.4, -0.2) is 24.0 Å². The summed E-state index contributed by atoms with van der Waals surface area (Å²) in [7, 11) is 1.63. The first kappa shape index (κ1) is 9.46. The lowest BCUT2D eigenvalue weighted by Gasteiger charge is -2.29. The summed E-state index contributed by atoms with van der Waals surface area (Å²) in [5.41, 5.74) is 0. The lowest BCUT2D eigenvalue weighted by molar-refractivity contribution is -0.125. The minimum absolute atomic E-state index is 0.0531. The van der Waals surface area contributed by atoms with Crippen LogP contribution in [0.3, 0.4) is 0 Å². The highest BCUT2D eigenvalue weighted by atomic mass is 16.5. The number of likely N-dealkylation sites (N-methyl/N-ethyl adjacent to an activating group) is 1. The van der Waals surface area contributed by atoms with E-state index in [4.69, 9.17) is 10.00 Å². The van der Waals surface area contributed by atoms with E-state index in [2.05, 4.69) is 4.98 Å². The summed E-state index contributed by atoms with van der Waals surface area (Å²) in [6, 6.07) is 5.39. The standard InChI is InChI=1S/C10H9N3O2/c1-13-9-7(3-2-6-12-9)15-8(4-5-11)10(13)14/h2-3,6,8H,4H2,1H3. The van der Waals surface area contributed by atoms with Crippen molar-refractivity contribution in [3.05, 3.63) is 18.3 Å². The van der Waals surface area contributed by atoms with E-state index >= 15 is 0 Å². The Morgan fingerprint density at radius 2 is 2.53 bits per heavy atom. The quantitative estimate of drug-likeness (QED) is 0.674. The smallest absolute Gasteiger partial charge is 0.270 e. The van der Waals surface area contributed by atoms with E-state index in [-0.39, 0.29) is 12.3 Å². The molecule has 1 aromatic rings. The normalized spacial score (nSPS) is 19.1. The zero-order valence-corrected chi connectivity index (χ0v) is 8.17. The molecule has 0 N–H and O–H groups in total. The third kappa shape index (κ3) is 1.50. The minimum Gasteiger partial charge on any atom is -0.476 e. The Labute approximate surface area is 86.9 Å². The van der Waals surface area contributed by atoms with E-state index in [1.807, 2.05) is 6.07 Å². The summed E-state index contributed by atoms with van der Waals surface area (Å²) < 4.78 is 5.38. The number of amides is 1. The van der Waals surface area contributed by atoms with Crippen LogP contribution in [0.15, 0.2) is 18.3 Å². The summed E-state index contributed by atoms with van der Waals surface area (Å²) in [6.07, 6.45) is 0.936. The van der Waals surface area contributed by atoms with Crippen LogP contribution in [-0.2, 0) is 4.79 Å². The van der Waals surface area contributed by atoms with Crippen LogP contribution in [0.2, 0.25) is 0 Å². The number of carbonyl (C=O) groups is 1. The van der Waals surface area contributed by atoms with Crippen molar-refractivity contribution in [1.82, 2.24) is 4.98 Å². The van der Waals surface area contributed by atoms with Crippen molar-refractivity contribution in [3.8, 4) is 11.8 Å². The van der Waals surface area contributed by atoms with Crippen molar-refractivity contribution in [2.75, 3.05) is 11.9 Å². The van der Waals surface area contributed by atoms with Gasteiger partial charge in [-0.25, -0.2) is 4.98 Å². The van der Waals surface area contributed by atoms with Gasteiger partial charge in [0.2, 0.25) is 0 Å². The molecule has 5 nitrogen and oxygen atoms in total. The molecule has 0 radical (unpaired) electrons. The van der Waals surface area contributed by atoms with Gasteiger partial charge in [-0.3, -0.25) is 9.69 Å². The van der Waals surface area contributed by atoms with Gasteiger partial charge in [-0.15, -0.1) is 0 Å². The topological polar surface area (TPSA) is 66.2 Å². The fraction of sp³-hybridized carbons (Fsp3) is 0.300. The molecule has 0 aromatic carbocycles. The lowest BCUT2D eigenvalue weighted by Crippen LogP contribution is -2.43. The van der Waals surface area contributed by atoms with Gasteiger partial charge in [0.05, 0.1) is 12.5 Å². The highest BCUT2D eigenvalue weighted by Gasteiger charge is 2.32. The highest BCUT2D eigenvalue weighted by Crippen LogP contribution is 2.30. The molecule has 1 unspecified atom stereocenters. The van der Waals surface area contributed by atoms with Crippen molar-refractivity contribution in [2.45, 2.75) is 12.5 Å². The van der Waals surface area contributed by atoms with Crippen molar-refractivity contribution in [3.63, 3.8) is 0 Å². The molecule has 0 fully saturated rings. The number of nitrogens with zero attached hydrogens (tertiary/aromatic N) is 3. The molecule has 0 aliphatic carbocycles. The molecule has 1 atom stereocenters. The number of nitriles is 1. The molecule has 0 spiro atoms. The van der Waals surface area contributed by atoms with E-state index in [1.165, 1.54) is 4.90 Å². The van der Waals surface area contributed by atoms with E-state index < -0.39 is 6.10 Å². The van der Waals surface area contributed by atoms with E-state index in [1.54, 1.807) is 25.4 Å². The third-order valence-corrected chi connectivity index (χ3v) is 2.22. The Bertz CT molecular complexity index is 439. The third-order valence-electron chi connectivity index (χ3n) is 2.22. The van der Waals surface area contributed by atoms with Crippen LogP contribution in [0.1, 0.15) is 6.42 Å². The number of hydrogen-bond donors (Lipinski definition) is 0. The second-order valence-electron chi connectivity index (χ2n) is 3.19. The molecule has 5 heteroatoms. The summed E-state index contributed by atoms with van der Waals surface area (Å²) in [5.74, 6) is 0.805. The molecule has 1 aliphatic rings. The molecule has 1 amide bonds. The van der Waals surface area contributed by atoms with Crippen LogP contribution in [0.25, 0.3) is 0 Å². The number of rotatable bonds is 1. The number of carbonyl (C=O) groups excluding carboxylic acids is 1. The summed E-state index contributed by atoms with van der Waals surface area (Å²) >= 11 is 0. The van der Waals surface area contributed by atoms with Gasteiger partial charge in [0, 0.05) is 13.2 Å². The SMILES string of the molecule is CN1C(=O)C(CC#N)Oc2cccnc21. The molecular formula is C10H9N3O2. The van der Waals surface area contributed by atoms with E-state index in [9.17, 15) is 4.79 Å². The number of fused-ring (bicyclic) bond motifs is 1. The summed E-state index contributed by atoms with van der Waals surface area (Å²) in [6.45, 7) is 0. The molecule has 1 aromatic heterocycles. The van der Waals surface area contributed by atoms with Gasteiger partial charge >= 0.3 is 0 Å². The maximum absolute atomic E-state index is 11.7. The number of pyridine rings is 1. The summed E-state index contributed by atoms with van der Waals surface area (Å²) in [5, 5.41) is 8.55. The second kappa shape index (κ2) is 3.58. The molecule has 2 heterocycles. The molecular weight excluding hydrogens is 194 g/mol. The van der Waals surface area contributed by atoms with Crippen molar-refractivity contribution < 1.29 is 9.53 Å². The van der Waals surface area contributed by atoms with Gasteiger partial charge in [0.25, 0.3) is 5.91 Å². The van der Waals surface area contributed by atoms with Crippen LogP contribution in [0.5, 0.6) is 5.75 Å². The average Bonchev–Trinajstić information content (AvgIpc) is 2.26. The van der Waals surface area contributed by atoms with Crippen LogP contribution in [0, 0.1) is 11.3 Å². The molecule has 1 aliphatic heterocycles. The zero-order valence-electron chi connectivity index (χ0n) is 8.17. The number of aromatic nitrogens is 1. The Morgan fingerprint density at radius 1 is 1.73 bits per heavy atom. The fourth-order valence-corrected chi connectivity index (χ4v) is 1.46. The van der Waals surface area contributed by atoms with Gasteiger partial charge in [0.1, 0.15) is 0 Å². The maximum Gasteiger partial charge on any atom is 0.270 e. The minimum atomic E-state index is -0.711. The van der Waals surface area contributed by atoms with Gasteiger partial charge in [-0.1, -0.05) is 0 Å². The highest BCUT2D eigenvalue weighted by molar-refractivity contribution is 5.98. The number of hydrogen-bond acceptors (Lipinski definition) is 4. The molecule has 0 saturated heterocycles. The molecule has 0 bridgehead atoms. The monoisotopic (exact) mass is 203 g/mol. The van der Waals surface area contributed by atoms with Crippen molar-refractivity contribution in [1.29, 1.82) is 5.26 Å². The van der Waals surface area contributed by atoms with Crippen molar-refractivity contribution >= 4 is 11.7 Å². The van der Waals surface area contributed by atoms with Crippen molar-refractivity contribution in [2.24, 2.45) is 0 Å². The largest absolute Gasteiger partial charge is 0.476 e. The maximum atomic E-state index is 11.7. The van der Waals surface area contributed by atoms with Crippen LogP contribution < -0.4 is 9.64 Å². The van der Waals surface area contributed by atoms with E-state index in [0.717, 1.165) is 0 Å². The Kier molecular flexibility index (Phi) is 2.26. The molecule has 2 rings (SSSR count). The first-order valence-corrected chi connectivity index (χ1v) is 4.50.